The van der Waals surface area contributed by atoms with Crippen molar-refractivity contribution in [3.05, 3.63) is 55.5 Å². The van der Waals surface area contributed by atoms with Crippen molar-refractivity contribution in [2.45, 2.75) is 6.92 Å². The molecule has 2 rings (SSSR count). The number of nitro benzene ring substituents is 1. The Morgan fingerprint density at radius 3 is 2.52 bits per heavy atom. The largest absolute Gasteiger partial charge is 0.354 e. The lowest BCUT2D eigenvalue weighted by atomic mass is 10.2. The Morgan fingerprint density at radius 1 is 1.24 bits per heavy atom. The summed E-state index contributed by atoms with van der Waals surface area (Å²) >= 11 is 9.52. The van der Waals surface area contributed by atoms with Gasteiger partial charge in [-0.2, -0.15) is 0 Å². The molecule has 0 saturated carbocycles. The highest BCUT2D eigenvalue weighted by Crippen LogP contribution is 2.33. The van der Waals surface area contributed by atoms with E-state index in [1.54, 1.807) is 12.1 Å². The third-order valence-electron chi connectivity index (χ3n) is 2.82. The zero-order valence-corrected chi connectivity index (χ0v) is 13.3. The number of rotatable bonds is 4. The van der Waals surface area contributed by atoms with E-state index in [1.165, 1.54) is 12.1 Å². The van der Waals surface area contributed by atoms with Crippen molar-refractivity contribution in [2.75, 3.05) is 10.7 Å². The van der Waals surface area contributed by atoms with Crippen molar-refractivity contribution in [2.24, 2.45) is 5.84 Å². The zero-order valence-electron chi connectivity index (χ0n) is 11.0. The maximum absolute atomic E-state index is 10.9. The smallest absolute Gasteiger partial charge is 0.273 e. The monoisotopic (exact) mass is 370 g/mol. The maximum Gasteiger partial charge on any atom is 0.273 e. The van der Waals surface area contributed by atoms with Crippen molar-refractivity contribution in [1.29, 1.82) is 0 Å². The van der Waals surface area contributed by atoms with E-state index >= 15 is 0 Å². The number of nitrogens with zero attached hydrogens (tertiary/aromatic N) is 1. The average molecular weight is 372 g/mol. The van der Waals surface area contributed by atoms with E-state index in [1.807, 2.05) is 13.0 Å². The normalized spacial score (nSPS) is 10.3. The molecule has 0 atom stereocenters. The van der Waals surface area contributed by atoms with Crippen LogP contribution in [0.2, 0.25) is 5.02 Å². The van der Waals surface area contributed by atoms with Gasteiger partial charge in [0.05, 0.1) is 16.3 Å². The van der Waals surface area contributed by atoms with Crippen LogP contribution in [0.4, 0.5) is 22.7 Å². The van der Waals surface area contributed by atoms with Crippen LogP contribution in [0, 0.1) is 17.0 Å². The number of hydrazine groups is 1. The Hall–Kier alpha value is -1.83. The van der Waals surface area contributed by atoms with Crippen LogP contribution >= 0.6 is 27.5 Å². The molecule has 0 amide bonds. The second-order valence-corrected chi connectivity index (χ2v) is 5.64. The molecule has 0 radical (unpaired) electrons. The summed E-state index contributed by atoms with van der Waals surface area (Å²) in [6.45, 7) is 1.89. The first-order valence-electron chi connectivity index (χ1n) is 5.89. The van der Waals surface area contributed by atoms with E-state index in [2.05, 4.69) is 26.7 Å². The molecule has 8 heteroatoms. The minimum absolute atomic E-state index is 0.0673. The van der Waals surface area contributed by atoms with Gasteiger partial charge in [-0.3, -0.25) is 16.0 Å². The van der Waals surface area contributed by atoms with E-state index in [4.69, 9.17) is 17.4 Å². The highest BCUT2D eigenvalue weighted by atomic mass is 79.9. The molecule has 0 heterocycles. The lowest BCUT2D eigenvalue weighted by Gasteiger charge is -2.12. The molecule has 0 bridgehead atoms. The molecule has 110 valence electrons. The van der Waals surface area contributed by atoms with Gasteiger partial charge in [0, 0.05) is 27.3 Å². The number of benzene rings is 2. The molecule has 0 aliphatic rings. The fraction of sp³-hybridized carbons (Fsp3) is 0.0769. The molecular formula is C13H12BrClN4O2. The van der Waals surface area contributed by atoms with Crippen LogP contribution in [0.1, 0.15) is 5.56 Å². The number of hydrogen-bond donors (Lipinski definition) is 3. The summed E-state index contributed by atoms with van der Waals surface area (Å²) in [5, 5.41) is 14.6. The molecule has 4 N–H and O–H groups in total. The number of anilines is 3. The molecule has 0 saturated heterocycles. The molecule has 6 nitrogen and oxygen atoms in total. The summed E-state index contributed by atoms with van der Waals surface area (Å²) in [5.41, 5.74) is 4.92. The summed E-state index contributed by atoms with van der Waals surface area (Å²) in [6, 6.07) is 8.04. The number of nitrogen functional groups attached to an aromatic ring is 1. The van der Waals surface area contributed by atoms with Gasteiger partial charge < -0.3 is 10.7 Å². The first-order valence-corrected chi connectivity index (χ1v) is 7.06. The van der Waals surface area contributed by atoms with Gasteiger partial charge in [-0.15, -0.1) is 0 Å². The summed E-state index contributed by atoms with van der Waals surface area (Å²) in [4.78, 5) is 10.4. The molecule has 0 aliphatic heterocycles. The first kappa shape index (κ1) is 15.6. The van der Waals surface area contributed by atoms with E-state index in [-0.39, 0.29) is 5.69 Å². The van der Waals surface area contributed by atoms with Gasteiger partial charge >= 0.3 is 0 Å². The number of hydrogen-bond acceptors (Lipinski definition) is 5. The van der Waals surface area contributed by atoms with Gasteiger partial charge in [-0.05, 0) is 46.6 Å². The highest BCUT2D eigenvalue weighted by molar-refractivity contribution is 9.10. The third kappa shape index (κ3) is 3.63. The van der Waals surface area contributed by atoms with E-state index < -0.39 is 4.92 Å². The van der Waals surface area contributed by atoms with Gasteiger partial charge in [0.15, 0.2) is 0 Å². The Balaban J connectivity index is 2.41. The summed E-state index contributed by atoms with van der Waals surface area (Å²) in [5.74, 6) is 5.32. The van der Waals surface area contributed by atoms with Gasteiger partial charge in [0.2, 0.25) is 0 Å². The SMILES string of the molecule is Cc1cc(Br)c(Nc2cc(NN)cc([N+](=O)[O-])c2)cc1Cl. The Morgan fingerprint density at radius 2 is 1.90 bits per heavy atom. The zero-order chi connectivity index (χ0) is 15.6. The van der Waals surface area contributed by atoms with Crippen LogP contribution in [-0.4, -0.2) is 4.92 Å². The average Bonchev–Trinajstić information content (AvgIpc) is 2.44. The van der Waals surface area contributed by atoms with Crippen molar-refractivity contribution in [3.8, 4) is 0 Å². The Bertz CT molecular complexity index is 709. The van der Waals surface area contributed by atoms with Gasteiger partial charge in [0.25, 0.3) is 5.69 Å². The number of nitrogens with two attached hydrogens (primary N) is 1. The fourth-order valence-corrected chi connectivity index (χ4v) is 2.49. The standard InChI is InChI=1S/C13H12BrClN4O2/c1-7-2-11(14)13(6-12(7)15)17-8-3-9(18-16)5-10(4-8)19(20)21/h2-6,17-18H,16H2,1H3. The topological polar surface area (TPSA) is 93.2 Å². The van der Waals surface area contributed by atoms with Gasteiger partial charge in [0.1, 0.15) is 0 Å². The molecule has 0 spiro atoms. The predicted octanol–water partition coefficient (Wildman–Crippen LogP) is 4.35. The molecule has 0 fully saturated rings. The van der Waals surface area contributed by atoms with Crippen LogP contribution < -0.4 is 16.6 Å². The number of aryl methyl sites for hydroxylation is 1. The van der Waals surface area contributed by atoms with Crippen LogP contribution in [0.25, 0.3) is 0 Å². The van der Waals surface area contributed by atoms with Crippen LogP contribution in [-0.2, 0) is 0 Å². The van der Waals surface area contributed by atoms with Crippen LogP contribution in [0.3, 0.4) is 0 Å². The Labute approximate surface area is 134 Å². The number of nitrogens with one attached hydrogen (secondary N) is 2. The summed E-state index contributed by atoms with van der Waals surface area (Å²) in [6.07, 6.45) is 0. The van der Waals surface area contributed by atoms with Crippen molar-refractivity contribution in [1.82, 2.24) is 0 Å². The highest BCUT2D eigenvalue weighted by Gasteiger charge is 2.11. The lowest BCUT2D eigenvalue weighted by molar-refractivity contribution is -0.384. The molecule has 2 aromatic rings. The van der Waals surface area contributed by atoms with Gasteiger partial charge in [-0.25, -0.2) is 0 Å². The molecule has 2 aromatic carbocycles. The van der Waals surface area contributed by atoms with Crippen LogP contribution in [0.5, 0.6) is 0 Å². The van der Waals surface area contributed by atoms with Crippen LogP contribution in [0.15, 0.2) is 34.8 Å². The molecule has 0 aromatic heterocycles. The fourth-order valence-electron chi connectivity index (χ4n) is 1.77. The van der Waals surface area contributed by atoms with Crippen molar-refractivity contribution in [3.63, 3.8) is 0 Å². The number of halogens is 2. The first-order chi connectivity index (χ1) is 9.90. The lowest BCUT2D eigenvalue weighted by Crippen LogP contribution is -2.07. The molecular weight excluding hydrogens is 360 g/mol. The van der Waals surface area contributed by atoms with E-state index in [0.29, 0.717) is 22.1 Å². The summed E-state index contributed by atoms with van der Waals surface area (Å²) < 4.78 is 0.804. The summed E-state index contributed by atoms with van der Waals surface area (Å²) in [7, 11) is 0. The minimum Gasteiger partial charge on any atom is -0.354 e. The minimum atomic E-state index is -0.483. The third-order valence-corrected chi connectivity index (χ3v) is 3.89. The van der Waals surface area contributed by atoms with Crippen molar-refractivity contribution >= 4 is 50.3 Å². The quantitative estimate of drug-likeness (QED) is 0.422. The second kappa shape index (κ2) is 6.30. The second-order valence-electron chi connectivity index (χ2n) is 4.38. The molecule has 0 unspecified atom stereocenters. The maximum atomic E-state index is 10.9. The predicted molar refractivity (Wildman–Crippen MR) is 88.1 cm³/mol. The number of non-ortho nitro benzene ring substituents is 1. The van der Waals surface area contributed by atoms with Gasteiger partial charge in [-0.1, -0.05) is 11.6 Å². The Kier molecular flexibility index (Phi) is 4.66. The molecule has 0 aliphatic carbocycles. The van der Waals surface area contributed by atoms with Crippen molar-refractivity contribution < 1.29 is 4.92 Å². The van der Waals surface area contributed by atoms with E-state index in [9.17, 15) is 10.1 Å². The molecule has 21 heavy (non-hydrogen) atoms. The number of nitro groups is 1. The van der Waals surface area contributed by atoms with E-state index in [0.717, 1.165) is 10.0 Å².